The molecule has 3 aliphatic carbocycles. The number of nitrogens with zero attached hydrogens (tertiary/aromatic N) is 2. The summed E-state index contributed by atoms with van der Waals surface area (Å²) < 4.78 is 39.4. The second kappa shape index (κ2) is 14.0. The van der Waals surface area contributed by atoms with E-state index in [1.165, 1.54) is 11.0 Å². The van der Waals surface area contributed by atoms with Gasteiger partial charge in [-0.1, -0.05) is 57.2 Å². The third-order valence-electron chi connectivity index (χ3n) is 11.8. The minimum absolute atomic E-state index is 0.000629. The molecule has 1 spiro atoms. The van der Waals surface area contributed by atoms with Gasteiger partial charge in [0.25, 0.3) is 5.91 Å². The molecule has 14 nitrogen and oxygen atoms in total. The summed E-state index contributed by atoms with van der Waals surface area (Å²) in [6, 6.07) is 3.61. The number of hydrogen-bond donors (Lipinski definition) is 3. The average molecular weight is 766 g/mol. The Morgan fingerprint density at radius 1 is 1.11 bits per heavy atom. The van der Waals surface area contributed by atoms with Gasteiger partial charge >= 0.3 is 12.2 Å². The zero-order valence-corrected chi connectivity index (χ0v) is 32.0. The summed E-state index contributed by atoms with van der Waals surface area (Å²) in [6.07, 6.45) is 8.49. The molecule has 7 rings (SSSR count). The van der Waals surface area contributed by atoms with E-state index in [-0.39, 0.29) is 43.1 Å². The van der Waals surface area contributed by atoms with Crippen LogP contribution in [0.4, 0.5) is 9.59 Å². The first-order valence-electron chi connectivity index (χ1n) is 19.0. The SMILES string of the molecule is C=C[C@@H]1C[C@]1(NC(=O)[C@@H]1C[C@@H]2CN1C(=O)[C@H](C(C)(C)C)NC(=O)OCC1(CC/C=C/c3cccc4c3CN(C4)C(=O)O2)CC1)C(=O)NS(=O)(=O)CC1CC1. The highest BCUT2D eigenvalue weighted by Crippen LogP contribution is 2.50. The van der Waals surface area contributed by atoms with Gasteiger partial charge in [-0.25, -0.2) is 18.0 Å². The summed E-state index contributed by atoms with van der Waals surface area (Å²) >= 11 is 0. The van der Waals surface area contributed by atoms with Crippen LogP contribution in [-0.2, 0) is 47.0 Å². The molecular formula is C39H51N5O9S. The maximum Gasteiger partial charge on any atom is 0.410 e. The lowest BCUT2D eigenvalue weighted by molar-refractivity contribution is -0.143. The number of allylic oxidation sites excluding steroid dienone is 1. The average Bonchev–Trinajstić information content (AvgIpc) is 4.07. The number of alkyl carbamates (subject to hydrolysis) is 1. The Hall–Kier alpha value is -4.40. The van der Waals surface area contributed by atoms with E-state index in [2.05, 4.69) is 34.1 Å². The second-order valence-electron chi connectivity index (χ2n) is 17.2. The van der Waals surface area contributed by atoms with Crippen LogP contribution in [0.15, 0.2) is 36.9 Å². The number of amides is 5. The molecule has 4 bridgehead atoms. The molecule has 4 fully saturated rings. The maximum atomic E-state index is 14.5. The Morgan fingerprint density at radius 2 is 1.87 bits per heavy atom. The highest BCUT2D eigenvalue weighted by molar-refractivity contribution is 7.90. The first-order chi connectivity index (χ1) is 25.5. The van der Waals surface area contributed by atoms with Crippen molar-refractivity contribution >= 4 is 46.0 Å². The van der Waals surface area contributed by atoms with Crippen molar-refractivity contribution in [2.24, 2.45) is 22.7 Å². The zero-order chi connectivity index (χ0) is 38.6. The van der Waals surface area contributed by atoms with Gasteiger partial charge in [0.15, 0.2) is 0 Å². The predicted octanol–water partition coefficient (Wildman–Crippen LogP) is 3.75. The van der Waals surface area contributed by atoms with Crippen molar-refractivity contribution in [1.82, 2.24) is 25.2 Å². The number of fused-ring (bicyclic) bond motifs is 3. The van der Waals surface area contributed by atoms with Crippen molar-refractivity contribution in [3.8, 4) is 0 Å². The van der Waals surface area contributed by atoms with Crippen molar-refractivity contribution in [2.45, 2.75) is 109 Å². The largest absolute Gasteiger partial charge is 0.449 e. The van der Waals surface area contributed by atoms with Crippen LogP contribution < -0.4 is 15.4 Å². The van der Waals surface area contributed by atoms with Crippen LogP contribution in [0.5, 0.6) is 0 Å². The van der Waals surface area contributed by atoms with Gasteiger partial charge in [-0.15, -0.1) is 6.58 Å². The maximum absolute atomic E-state index is 14.5. The molecule has 3 heterocycles. The lowest BCUT2D eigenvalue weighted by Gasteiger charge is -2.35. The monoisotopic (exact) mass is 765 g/mol. The van der Waals surface area contributed by atoms with E-state index >= 15 is 0 Å². The fraction of sp³-hybridized carbons (Fsp3) is 0.615. The molecule has 0 aromatic heterocycles. The molecule has 6 aliphatic rings. The standard InChI is InChI=1S/C39H51N5O9S/c1-5-27-18-39(27,34(47)42-54(50,51)22-24-12-13-24)41-32(45)30-17-28-20-44(30)33(46)31(37(2,3)4)40-35(48)52-23-38(15-16-38)14-7-6-9-25-10-8-11-26-19-43(21-29(25)26)36(49)53-28/h5-6,8-11,24,27-28,30-31H,1,7,12-23H2,2-4H3,(H,40,48)(H,41,45)(H,42,47)/b9-6+/t27-,28-,30+,31-,39-/m1/s1. The Balaban J connectivity index is 1.16. The number of cyclic esters (lactones) is 1. The Bertz CT molecular complexity index is 1880. The molecule has 3 saturated carbocycles. The van der Waals surface area contributed by atoms with Crippen molar-refractivity contribution in [3.63, 3.8) is 0 Å². The summed E-state index contributed by atoms with van der Waals surface area (Å²) in [6.45, 7) is 9.87. The highest BCUT2D eigenvalue weighted by Gasteiger charge is 2.61. The summed E-state index contributed by atoms with van der Waals surface area (Å²) in [7, 11) is -3.94. The van der Waals surface area contributed by atoms with E-state index in [1.54, 1.807) is 25.7 Å². The third-order valence-corrected chi connectivity index (χ3v) is 13.2. The van der Waals surface area contributed by atoms with E-state index in [9.17, 15) is 32.4 Å². The zero-order valence-electron chi connectivity index (χ0n) is 31.2. The molecular weight excluding hydrogens is 715 g/mol. The first kappa shape index (κ1) is 37.9. The number of ether oxygens (including phenoxy) is 2. The minimum atomic E-state index is -3.94. The van der Waals surface area contributed by atoms with Gasteiger partial charge in [-0.05, 0) is 73.0 Å². The third kappa shape index (κ3) is 8.01. The van der Waals surface area contributed by atoms with Crippen molar-refractivity contribution in [1.29, 1.82) is 0 Å². The van der Waals surface area contributed by atoms with Gasteiger partial charge in [0, 0.05) is 24.3 Å². The number of rotatable bonds is 7. The van der Waals surface area contributed by atoms with Gasteiger partial charge in [0.1, 0.15) is 23.7 Å². The molecule has 1 saturated heterocycles. The number of hydrogen-bond acceptors (Lipinski definition) is 9. The molecule has 54 heavy (non-hydrogen) atoms. The normalized spacial score (nSPS) is 30.1. The summed E-state index contributed by atoms with van der Waals surface area (Å²) in [5.41, 5.74) is 0.510. The quantitative estimate of drug-likeness (QED) is 0.349. The first-order valence-corrected chi connectivity index (χ1v) is 20.6. The molecule has 0 unspecified atom stereocenters. The van der Waals surface area contributed by atoms with Crippen LogP contribution in [-0.4, -0.2) is 90.8 Å². The van der Waals surface area contributed by atoms with Crippen LogP contribution in [0.25, 0.3) is 6.08 Å². The van der Waals surface area contributed by atoms with Crippen LogP contribution in [0.2, 0.25) is 0 Å². The van der Waals surface area contributed by atoms with Crippen molar-refractivity contribution in [2.75, 3.05) is 18.9 Å². The lowest BCUT2D eigenvalue weighted by Crippen LogP contribution is -2.60. The van der Waals surface area contributed by atoms with E-state index < -0.39 is 75.0 Å². The number of benzene rings is 1. The number of carbonyl (C=O) groups is 5. The highest BCUT2D eigenvalue weighted by atomic mass is 32.2. The van der Waals surface area contributed by atoms with Crippen LogP contribution in [0.3, 0.4) is 0 Å². The summed E-state index contributed by atoms with van der Waals surface area (Å²) in [5.74, 6) is -2.88. The molecule has 5 amide bonds. The molecule has 1 aromatic carbocycles. The second-order valence-corrected chi connectivity index (χ2v) is 19.0. The van der Waals surface area contributed by atoms with Gasteiger partial charge in [0.05, 0.1) is 25.4 Å². The molecule has 0 radical (unpaired) electrons. The number of carbonyl (C=O) groups excluding carboxylic acids is 5. The smallest absolute Gasteiger partial charge is 0.410 e. The van der Waals surface area contributed by atoms with Crippen molar-refractivity contribution in [3.05, 3.63) is 53.6 Å². The molecule has 15 heteroatoms. The van der Waals surface area contributed by atoms with E-state index in [4.69, 9.17) is 9.47 Å². The van der Waals surface area contributed by atoms with Gasteiger partial charge < -0.3 is 25.0 Å². The fourth-order valence-corrected chi connectivity index (χ4v) is 9.47. The Kier molecular flexibility index (Phi) is 9.84. The van der Waals surface area contributed by atoms with Gasteiger partial charge in [-0.2, -0.15) is 0 Å². The molecule has 5 atom stereocenters. The summed E-state index contributed by atoms with van der Waals surface area (Å²) in [4.78, 5) is 72.1. The van der Waals surface area contributed by atoms with Crippen LogP contribution in [0.1, 0.15) is 88.8 Å². The van der Waals surface area contributed by atoms with Crippen LogP contribution in [0, 0.1) is 22.7 Å². The fourth-order valence-electron chi connectivity index (χ4n) is 7.97. The van der Waals surface area contributed by atoms with Crippen LogP contribution >= 0.6 is 0 Å². The van der Waals surface area contributed by atoms with Gasteiger partial charge in [-0.3, -0.25) is 24.0 Å². The molecule has 292 valence electrons. The Morgan fingerprint density at radius 3 is 2.54 bits per heavy atom. The molecule has 3 N–H and O–H groups in total. The molecule has 3 aliphatic heterocycles. The Labute approximate surface area is 316 Å². The van der Waals surface area contributed by atoms with Gasteiger partial charge in [0.2, 0.25) is 21.8 Å². The number of sulfonamides is 1. The predicted molar refractivity (Wildman–Crippen MR) is 198 cm³/mol. The van der Waals surface area contributed by atoms with E-state index in [1.807, 2.05) is 18.2 Å². The van der Waals surface area contributed by atoms with E-state index in [0.717, 1.165) is 55.2 Å². The summed E-state index contributed by atoms with van der Waals surface area (Å²) in [5, 5.41) is 5.52. The van der Waals surface area contributed by atoms with E-state index in [0.29, 0.717) is 13.1 Å². The number of nitrogens with one attached hydrogen (secondary N) is 3. The molecule has 1 aromatic rings. The van der Waals surface area contributed by atoms with Crippen molar-refractivity contribution < 1.29 is 41.9 Å². The minimum Gasteiger partial charge on any atom is -0.449 e. The topological polar surface area (TPSA) is 181 Å². The lowest BCUT2D eigenvalue weighted by atomic mass is 9.85.